The van der Waals surface area contributed by atoms with Gasteiger partial charge in [0.2, 0.25) is 0 Å². The zero-order valence-electron chi connectivity index (χ0n) is 12.6. The van der Waals surface area contributed by atoms with Crippen molar-refractivity contribution in [3.8, 4) is 11.8 Å². The van der Waals surface area contributed by atoms with Crippen molar-refractivity contribution < 1.29 is 4.74 Å². The van der Waals surface area contributed by atoms with Crippen LogP contribution in [0.25, 0.3) is 5.57 Å². The lowest BCUT2D eigenvalue weighted by Gasteiger charge is -2.23. The molecule has 1 aromatic rings. The molecule has 3 nitrogen and oxygen atoms in total. The van der Waals surface area contributed by atoms with E-state index in [1.165, 1.54) is 18.4 Å². The van der Waals surface area contributed by atoms with Crippen LogP contribution in [0.3, 0.4) is 0 Å². The van der Waals surface area contributed by atoms with Gasteiger partial charge in [0.25, 0.3) is 0 Å². The Morgan fingerprint density at radius 2 is 2.29 bits per heavy atom. The van der Waals surface area contributed by atoms with Crippen molar-refractivity contribution in [3.63, 3.8) is 0 Å². The summed E-state index contributed by atoms with van der Waals surface area (Å²) in [6.07, 6.45) is 7.95. The van der Waals surface area contributed by atoms with E-state index < -0.39 is 0 Å². The van der Waals surface area contributed by atoms with Crippen molar-refractivity contribution in [3.05, 3.63) is 35.4 Å². The summed E-state index contributed by atoms with van der Waals surface area (Å²) < 4.78 is 5.96. The lowest BCUT2D eigenvalue weighted by atomic mass is 9.94. The summed E-state index contributed by atoms with van der Waals surface area (Å²) in [6.45, 7) is 2.83. The Morgan fingerprint density at radius 1 is 1.38 bits per heavy atom. The monoisotopic (exact) mass is 282 g/mol. The van der Waals surface area contributed by atoms with Gasteiger partial charge in [0, 0.05) is 17.6 Å². The number of nitriles is 1. The maximum atomic E-state index is 9.35. The molecule has 2 atom stereocenters. The van der Waals surface area contributed by atoms with Crippen LogP contribution in [0.1, 0.15) is 50.2 Å². The Kier molecular flexibility index (Phi) is 4.26. The van der Waals surface area contributed by atoms with E-state index in [4.69, 9.17) is 4.74 Å². The first-order chi connectivity index (χ1) is 10.3. The molecule has 3 heteroatoms. The van der Waals surface area contributed by atoms with Gasteiger partial charge in [-0.2, -0.15) is 5.26 Å². The fourth-order valence-electron chi connectivity index (χ4n) is 3.27. The number of unbranched alkanes of at least 4 members (excludes halogenated alkanes) is 1. The molecule has 0 saturated carbocycles. The molecule has 3 rings (SSSR count). The minimum Gasteiger partial charge on any atom is -0.492 e. The average molecular weight is 282 g/mol. The van der Waals surface area contributed by atoms with Crippen LogP contribution >= 0.6 is 0 Å². The van der Waals surface area contributed by atoms with E-state index in [2.05, 4.69) is 30.5 Å². The van der Waals surface area contributed by atoms with Gasteiger partial charge in [-0.1, -0.05) is 31.6 Å². The minimum atomic E-state index is 0.494. The Morgan fingerprint density at radius 3 is 3.05 bits per heavy atom. The molecule has 1 fully saturated rings. The molecular weight excluding hydrogens is 260 g/mol. The summed E-state index contributed by atoms with van der Waals surface area (Å²) in [7, 11) is 0. The highest BCUT2D eigenvalue weighted by molar-refractivity contribution is 5.74. The number of rotatable bonds is 5. The SMILES string of the molecule is CCCCOc1c(C#N)cccc1C1=C[C@H]2CC[C@@H](C1)N2. The summed E-state index contributed by atoms with van der Waals surface area (Å²) in [5, 5.41) is 13.0. The van der Waals surface area contributed by atoms with Crippen LogP contribution in [0.15, 0.2) is 24.3 Å². The maximum absolute atomic E-state index is 9.35. The number of ether oxygens (including phenoxy) is 1. The fraction of sp³-hybridized carbons (Fsp3) is 0.500. The third-order valence-electron chi connectivity index (χ3n) is 4.37. The Hall–Kier alpha value is -1.79. The van der Waals surface area contributed by atoms with Gasteiger partial charge in [0.1, 0.15) is 11.8 Å². The van der Waals surface area contributed by atoms with Gasteiger partial charge >= 0.3 is 0 Å². The molecule has 0 aliphatic carbocycles. The van der Waals surface area contributed by atoms with Gasteiger partial charge in [-0.3, -0.25) is 0 Å². The van der Waals surface area contributed by atoms with Crippen LogP contribution in [0.5, 0.6) is 5.75 Å². The number of nitrogens with zero attached hydrogens (tertiary/aromatic N) is 1. The lowest BCUT2D eigenvalue weighted by molar-refractivity contribution is 0.307. The molecule has 2 heterocycles. The van der Waals surface area contributed by atoms with E-state index in [0.717, 1.165) is 30.6 Å². The van der Waals surface area contributed by atoms with E-state index >= 15 is 0 Å². The predicted octanol–water partition coefficient (Wildman–Crippen LogP) is 3.64. The van der Waals surface area contributed by atoms with E-state index in [0.29, 0.717) is 24.3 Å². The van der Waals surface area contributed by atoms with E-state index in [9.17, 15) is 5.26 Å². The van der Waals surface area contributed by atoms with Crippen LogP contribution in [0.4, 0.5) is 0 Å². The lowest BCUT2D eigenvalue weighted by Crippen LogP contribution is -2.32. The van der Waals surface area contributed by atoms with Crippen LogP contribution in [0, 0.1) is 11.3 Å². The normalized spacial score (nSPS) is 23.5. The van der Waals surface area contributed by atoms with Crippen LogP contribution in [0.2, 0.25) is 0 Å². The summed E-state index contributed by atoms with van der Waals surface area (Å²) >= 11 is 0. The van der Waals surface area contributed by atoms with Gasteiger partial charge in [-0.05, 0) is 37.3 Å². The zero-order valence-corrected chi connectivity index (χ0v) is 12.6. The number of benzene rings is 1. The first-order valence-electron chi connectivity index (χ1n) is 7.95. The van der Waals surface area contributed by atoms with E-state index in [1.807, 2.05) is 12.1 Å². The Bertz CT molecular complexity index is 585. The van der Waals surface area contributed by atoms with Crippen LogP contribution in [-0.4, -0.2) is 18.7 Å². The molecule has 1 N–H and O–H groups in total. The molecule has 0 amide bonds. The molecule has 1 saturated heterocycles. The number of fused-ring (bicyclic) bond motifs is 2. The van der Waals surface area contributed by atoms with Crippen molar-refractivity contribution in [1.29, 1.82) is 5.26 Å². The molecule has 0 aromatic heterocycles. The van der Waals surface area contributed by atoms with Crippen molar-refractivity contribution in [1.82, 2.24) is 5.32 Å². The second kappa shape index (κ2) is 6.32. The summed E-state index contributed by atoms with van der Waals surface area (Å²) in [5.74, 6) is 0.779. The van der Waals surface area contributed by atoms with Gasteiger partial charge in [-0.25, -0.2) is 0 Å². The molecule has 2 aliphatic rings. The molecule has 2 aliphatic heterocycles. The highest BCUT2D eigenvalue weighted by Crippen LogP contribution is 2.37. The summed E-state index contributed by atoms with van der Waals surface area (Å²) in [4.78, 5) is 0. The summed E-state index contributed by atoms with van der Waals surface area (Å²) in [5.41, 5.74) is 3.10. The minimum absolute atomic E-state index is 0.494. The van der Waals surface area contributed by atoms with Crippen molar-refractivity contribution in [2.75, 3.05) is 6.61 Å². The smallest absolute Gasteiger partial charge is 0.144 e. The maximum Gasteiger partial charge on any atom is 0.144 e. The highest BCUT2D eigenvalue weighted by atomic mass is 16.5. The molecule has 0 unspecified atom stereocenters. The number of para-hydroxylation sites is 1. The van der Waals surface area contributed by atoms with Crippen molar-refractivity contribution in [2.24, 2.45) is 0 Å². The second-order valence-electron chi connectivity index (χ2n) is 5.94. The standard InChI is InChI=1S/C18H22N2O/c1-2-3-9-21-18-13(12-19)5-4-6-17(18)14-10-15-7-8-16(11-14)20-15/h4-6,10,15-16,20H,2-3,7-9,11H2,1H3/t15-,16+/m1/s1. The first kappa shape index (κ1) is 14.2. The highest BCUT2D eigenvalue weighted by Gasteiger charge is 2.29. The number of hydrogen-bond donors (Lipinski definition) is 1. The fourth-order valence-corrected chi connectivity index (χ4v) is 3.27. The molecule has 1 aromatic carbocycles. The molecule has 110 valence electrons. The molecule has 21 heavy (non-hydrogen) atoms. The van der Waals surface area contributed by atoms with Crippen LogP contribution < -0.4 is 10.1 Å². The third kappa shape index (κ3) is 2.96. The zero-order chi connectivity index (χ0) is 14.7. The van der Waals surface area contributed by atoms with Gasteiger partial charge in [0.05, 0.1) is 12.2 Å². The van der Waals surface area contributed by atoms with Gasteiger partial charge in [-0.15, -0.1) is 0 Å². The second-order valence-corrected chi connectivity index (χ2v) is 5.94. The predicted molar refractivity (Wildman–Crippen MR) is 84.1 cm³/mol. The topological polar surface area (TPSA) is 45.0 Å². The molecular formula is C18H22N2O. The largest absolute Gasteiger partial charge is 0.492 e. The van der Waals surface area contributed by atoms with Crippen LogP contribution in [-0.2, 0) is 0 Å². The third-order valence-corrected chi connectivity index (χ3v) is 4.37. The molecule has 2 bridgehead atoms. The average Bonchev–Trinajstić information content (AvgIpc) is 2.86. The van der Waals surface area contributed by atoms with Gasteiger partial charge < -0.3 is 10.1 Å². The summed E-state index contributed by atoms with van der Waals surface area (Å²) in [6, 6.07) is 9.26. The molecule has 0 spiro atoms. The van der Waals surface area contributed by atoms with E-state index in [1.54, 1.807) is 0 Å². The van der Waals surface area contributed by atoms with Gasteiger partial charge in [0.15, 0.2) is 0 Å². The first-order valence-corrected chi connectivity index (χ1v) is 7.95. The van der Waals surface area contributed by atoms with Crippen molar-refractivity contribution in [2.45, 2.75) is 51.1 Å². The Balaban J connectivity index is 1.92. The van der Waals surface area contributed by atoms with E-state index in [-0.39, 0.29) is 0 Å². The quantitative estimate of drug-likeness (QED) is 0.838. The van der Waals surface area contributed by atoms with Crippen molar-refractivity contribution >= 4 is 5.57 Å². The molecule has 0 radical (unpaired) electrons. The Labute approximate surface area is 126 Å². The number of nitrogens with one attached hydrogen (secondary N) is 1. The number of hydrogen-bond acceptors (Lipinski definition) is 3.